The fraction of sp³-hybridized carbons (Fsp3) is 0.800. The first-order valence-corrected chi connectivity index (χ1v) is 4.57. The average Bonchev–Trinajstić information content (AvgIpc) is 2.45. The van der Waals surface area contributed by atoms with Crippen molar-refractivity contribution in [2.24, 2.45) is 11.8 Å². The molecule has 1 saturated carbocycles. The molecule has 0 radical (unpaired) electrons. The highest BCUT2D eigenvalue weighted by atomic mass is 16.5. The SMILES string of the molecule is CCO[C@@]1(C)C[C@@H]2C=C[C@H]1C2. The Hall–Kier alpha value is -0.300. The van der Waals surface area contributed by atoms with E-state index in [4.69, 9.17) is 4.74 Å². The van der Waals surface area contributed by atoms with Crippen molar-refractivity contribution in [1.82, 2.24) is 0 Å². The minimum absolute atomic E-state index is 0.175. The lowest BCUT2D eigenvalue weighted by Gasteiger charge is -2.31. The number of hydrogen-bond donors (Lipinski definition) is 0. The highest BCUT2D eigenvalue weighted by Gasteiger charge is 2.45. The smallest absolute Gasteiger partial charge is 0.0722 e. The second kappa shape index (κ2) is 2.34. The maximum Gasteiger partial charge on any atom is 0.0722 e. The van der Waals surface area contributed by atoms with Gasteiger partial charge in [-0.25, -0.2) is 0 Å². The van der Waals surface area contributed by atoms with Crippen molar-refractivity contribution in [2.75, 3.05) is 6.61 Å². The largest absolute Gasteiger partial charge is 0.375 e. The maximum absolute atomic E-state index is 5.77. The molecule has 0 spiro atoms. The van der Waals surface area contributed by atoms with Crippen LogP contribution in [0.25, 0.3) is 0 Å². The van der Waals surface area contributed by atoms with Gasteiger partial charge in [0.2, 0.25) is 0 Å². The first-order valence-electron chi connectivity index (χ1n) is 4.57. The third-order valence-electron chi connectivity index (χ3n) is 3.10. The zero-order valence-electron chi connectivity index (χ0n) is 7.34. The molecule has 0 saturated heterocycles. The van der Waals surface area contributed by atoms with Crippen LogP contribution in [0.5, 0.6) is 0 Å². The van der Waals surface area contributed by atoms with Gasteiger partial charge in [0.1, 0.15) is 0 Å². The number of ether oxygens (including phenoxy) is 1. The van der Waals surface area contributed by atoms with Crippen molar-refractivity contribution in [3.05, 3.63) is 12.2 Å². The van der Waals surface area contributed by atoms with E-state index in [-0.39, 0.29) is 5.60 Å². The molecule has 2 aliphatic carbocycles. The molecule has 0 aromatic carbocycles. The summed E-state index contributed by atoms with van der Waals surface area (Å²) >= 11 is 0. The van der Waals surface area contributed by atoms with Crippen LogP contribution in [-0.4, -0.2) is 12.2 Å². The van der Waals surface area contributed by atoms with Gasteiger partial charge in [0.15, 0.2) is 0 Å². The van der Waals surface area contributed by atoms with Crippen LogP contribution in [0.4, 0.5) is 0 Å². The van der Waals surface area contributed by atoms with Gasteiger partial charge in [-0.05, 0) is 32.6 Å². The Morgan fingerprint density at radius 2 is 2.36 bits per heavy atom. The molecule has 2 bridgehead atoms. The molecule has 0 aromatic rings. The third kappa shape index (κ3) is 1.02. The van der Waals surface area contributed by atoms with E-state index < -0.39 is 0 Å². The normalized spacial score (nSPS) is 47.1. The summed E-state index contributed by atoms with van der Waals surface area (Å²) < 4.78 is 5.77. The first-order chi connectivity index (χ1) is 5.24. The highest BCUT2D eigenvalue weighted by Crippen LogP contribution is 2.47. The molecule has 0 aliphatic heterocycles. The lowest BCUT2D eigenvalue weighted by Crippen LogP contribution is -2.33. The molecule has 2 rings (SSSR count). The van der Waals surface area contributed by atoms with E-state index in [1.165, 1.54) is 12.8 Å². The van der Waals surface area contributed by atoms with Crippen molar-refractivity contribution < 1.29 is 4.74 Å². The molecule has 1 fully saturated rings. The minimum atomic E-state index is 0.175. The van der Waals surface area contributed by atoms with Crippen LogP contribution in [0.1, 0.15) is 26.7 Å². The zero-order chi connectivity index (χ0) is 7.90. The van der Waals surface area contributed by atoms with Gasteiger partial charge in [0, 0.05) is 12.5 Å². The van der Waals surface area contributed by atoms with Crippen LogP contribution in [0, 0.1) is 11.8 Å². The first kappa shape index (κ1) is 7.35. The van der Waals surface area contributed by atoms with E-state index >= 15 is 0 Å². The van der Waals surface area contributed by atoms with Crippen molar-refractivity contribution in [3.8, 4) is 0 Å². The fourth-order valence-electron chi connectivity index (χ4n) is 2.55. The van der Waals surface area contributed by atoms with E-state index in [9.17, 15) is 0 Å². The number of fused-ring (bicyclic) bond motifs is 2. The van der Waals surface area contributed by atoms with Gasteiger partial charge in [-0.3, -0.25) is 0 Å². The van der Waals surface area contributed by atoms with Gasteiger partial charge in [-0.15, -0.1) is 0 Å². The summed E-state index contributed by atoms with van der Waals surface area (Å²) in [5.41, 5.74) is 0.175. The summed E-state index contributed by atoms with van der Waals surface area (Å²) in [4.78, 5) is 0. The summed E-state index contributed by atoms with van der Waals surface area (Å²) in [6.07, 6.45) is 7.26. The van der Waals surface area contributed by atoms with E-state index in [1.807, 2.05) is 0 Å². The van der Waals surface area contributed by atoms with Crippen molar-refractivity contribution in [2.45, 2.75) is 32.3 Å². The number of allylic oxidation sites excluding steroid dienone is 1. The molecular formula is C10H16O. The summed E-state index contributed by atoms with van der Waals surface area (Å²) in [7, 11) is 0. The Kier molecular flexibility index (Phi) is 1.57. The van der Waals surface area contributed by atoms with Gasteiger partial charge in [-0.1, -0.05) is 12.2 Å². The summed E-state index contributed by atoms with van der Waals surface area (Å²) in [6.45, 7) is 5.19. The predicted octanol–water partition coefficient (Wildman–Crippen LogP) is 2.38. The van der Waals surface area contributed by atoms with E-state index in [1.54, 1.807) is 0 Å². The maximum atomic E-state index is 5.77. The summed E-state index contributed by atoms with van der Waals surface area (Å²) in [6, 6.07) is 0. The van der Waals surface area contributed by atoms with Gasteiger partial charge >= 0.3 is 0 Å². The average molecular weight is 152 g/mol. The third-order valence-corrected chi connectivity index (χ3v) is 3.10. The molecule has 0 aromatic heterocycles. The van der Waals surface area contributed by atoms with E-state index in [0.717, 1.165) is 12.5 Å². The van der Waals surface area contributed by atoms with Crippen molar-refractivity contribution >= 4 is 0 Å². The molecule has 0 unspecified atom stereocenters. The van der Waals surface area contributed by atoms with E-state index in [2.05, 4.69) is 26.0 Å². The minimum Gasteiger partial charge on any atom is -0.375 e. The van der Waals surface area contributed by atoms with Crippen LogP contribution < -0.4 is 0 Å². The standard InChI is InChI=1S/C10H16O/c1-3-11-10(2)7-8-4-5-9(10)6-8/h4-5,8-9H,3,6-7H2,1-2H3/t8-,9+,10+/m1/s1. The lowest BCUT2D eigenvalue weighted by atomic mass is 9.90. The van der Waals surface area contributed by atoms with Gasteiger partial charge in [0.05, 0.1) is 5.60 Å². The molecule has 0 amide bonds. The Morgan fingerprint density at radius 1 is 1.55 bits per heavy atom. The van der Waals surface area contributed by atoms with Gasteiger partial charge in [-0.2, -0.15) is 0 Å². The molecule has 0 heterocycles. The second-order valence-electron chi connectivity index (χ2n) is 3.94. The predicted molar refractivity (Wildman–Crippen MR) is 45.4 cm³/mol. The number of rotatable bonds is 2. The quantitative estimate of drug-likeness (QED) is 0.552. The summed E-state index contributed by atoms with van der Waals surface area (Å²) in [5.74, 6) is 1.52. The Balaban J connectivity index is 2.11. The van der Waals surface area contributed by atoms with E-state index in [0.29, 0.717) is 5.92 Å². The summed E-state index contributed by atoms with van der Waals surface area (Å²) in [5, 5.41) is 0. The molecule has 62 valence electrons. The Bertz CT molecular complexity index is 185. The van der Waals surface area contributed by atoms with Crippen LogP contribution in [0.2, 0.25) is 0 Å². The molecule has 11 heavy (non-hydrogen) atoms. The van der Waals surface area contributed by atoms with Crippen LogP contribution >= 0.6 is 0 Å². The Labute approximate surface area is 68.4 Å². The molecule has 1 heteroatoms. The number of hydrogen-bond acceptors (Lipinski definition) is 1. The van der Waals surface area contributed by atoms with Gasteiger partial charge in [0.25, 0.3) is 0 Å². The van der Waals surface area contributed by atoms with Crippen molar-refractivity contribution in [1.29, 1.82) is 0 Å². The van der Waals surface area contributed by atoms with Gasteiger partial charge < -0.3 is 4.74 Å². The Morgan fingerprint density at radius 3 is 2.82 bits per heavy atom. The van der Waals surface area contributed by atoms with Crippen LogP contribution in [0.3, 0.4) is 0 Å². The second-order valence-corrected chi connectivity index (χ2v) is 3.94. The van der Waals surface area contributed by atoms with Crippen LogP contribution in [0.15, 0.2) is 12.2 Å². The molecule has 2 aliphatic rings. The highest BCUT2D eigenvalue weighted by molar-refractivity contribution is 5.15. The molecular weight excluding hydrogens is 136 g/mol. The monoisotopic (exact) mass is 152 g/mol. The van der Waals surface area contributed by atoms with Crippen molar-refractivity contribution in [3.63, 3.8) is 0 Å². The molecule has 0 N–H and O–H groups in total. The fourth-order valence-corrected chi connectivity index (χ4v) is 2.55. The lowest BCUT2D eigenvalue weighted by molar-refractivity contribution is -0.0434. The zero-order valence-corrected chi connectivity index (χ0v) is 7.34. The molecule has 3 atom stereocenters. The topological polar surface area (TPSA) is 9.23 Å². The molecule has 1 nitrogen and oxygen atoms in total. The van der Waals surface area contributed by atoms with Crippen LogP contribution in [-0.2, 0) is 4.74 Å².